The zero-order chi connectivity index (χ0) is 13.7. The molecule has 0 heterocycles. The molecular formula is C14H9NO4. The molecule has 0 radical (unpaired) electrons. The molecule has 2 aromatic carbocycles. The molecule has 1 aliphatic rings. The topological polar surface area (TPSA) is 101 Å². The predicted octanol–water partition coefficient (Wildman–Crippen LogP) is 1.46. The summed E-state index contributed by atoms with van der Waals surface area (Å²) in [4.78, 5) is 24.6. The smallest absolute Gasteiger partial charge is 0.198 e. The minimum absolute atomic E-state index is 0.137. The van der Waals surface area contributed by atoms with Gasteiger partial charge in [-0.3, -0.25) is 9.59 Å². The number of hydrogen-bond donors (Lipinski definition) is 3. The lowest BCUT2D eigenvalue weighted by Gasteiger charge is -2.19. The fourth-order valence-electron chi connectivity index (χ4n) is 2.26. The lowest BCUT2D eigenvalue weighted by molar-refractivity contribution is 0.0974. The van der Waals surface area contributed by atoms with Gasteiger partial charge in [0.15, 0.2) is 11.6 Å². The molecule has 4 N–H and O–H groups in total. The molecule has 0 saturated heterocycles. The number of benzene rings is 2. The molecule has 0 bridgehead atoms. The highest BCUT2D eigenvalue weighted by Crippen LogP contribution is 2.37. The number of carbonyl (C=O) groups is 2. The summed E-state index contributed by atoms with van der Waals surface area (Å²) in [5.74, 6) is -1.68. The summed E-state index contributed by atoms with van der Waals surface area (Å²) in [5, 5.41) is 19.5. The van der Waals surface area contributed by atoms with Crippen LogP contribution in [-0.2, 0) is 0 Å². The fraction of sp³-hybridized carbons (Fsp3) is 0. The van der Waals surface area contributed by atoms with E-state index in [2.05, 4.69) is 0 Å². The van der Waals surface area contributed by atoms with E-state index < -0.39 is 11.6 Å². The second kappa shape index (κ2) is 3.58. The lowest BCUT2D eigenvalue weighted by atomic mass is 9.83. The van der Waals surface area contributed by atoms with Crippen LogP contribution in [0.4, 0.5) is 5.69 Å². The highest BCUT2D eigenvalue weighted by molar-refractivity contribution is 6.30. The molecule has 0 atom stereocenters. The SMILES string of the molecule is Nc1ccc2c(c1)C(=O)c1c(O)ccc(O)c1C2=O. The number of rotatable bonds is 0. The second-order valence-corrected chi connectivity index (χ2v) is 4.32. The Morgan fingerprint density at radius 3 is 1.89 bits per heavy atom. The lowest BCUT2D eigenvalue weighted by Crippen LogP contribution is -2.21. The van der Waals surface area contributed by atoms with Crippen LogP contribution in [0.25, 0.3) is 0 Å². The van der Waals surface area contributed by atoms with E-state index in [0.717, 1.165) is 0 Å². The molecule has 5 heteroatoms. The Labute approximate surface area is 107 Å². The number of phenolic OH excluding ortho intramolecular Hbond substituents is 2. The number of carbonyl (C=O) groups excluding carboxylic acids is 2. The highest BCUT2D eigenvalue weighted by Gasteiger charge is 2.34. The highest BCUT2D eigenvalue weighted by atomic mass is 16.3. The minimum Gasteiger partial charge on any atom is -0.507 e. The summed E-state index contributed by atoms with van der Waals surface area (Å²) in [6.45, 7) is 0. The molecule has 0 aromatic heterocycles. The molecule has 94 valence electrons. The maximum atomic E-state index is 12.3. The zero-order valence-corrected chi connectivity index (χ0v) is 9.68. The first-order chi connectivity index (χ1) is 9.00. The van der Waals surface area contributed by atoms with Crippen molar-refractivity contribution in [3.05, 3.63) is 52.6 Å². The standard InChI is InChI=1S/C14H9NO4/c15-6-1-2-7-8(5-6)14(19)12-10(17)4-3-9(16)11(12)13(7)18/h1-5,16-17H,15H2. The summed E-state index contributed by atoms with van der Waals surface area (Å²) in [6.07, 6.45) is 0. The van der Waals surface area contributed by atoms with Crippen LogP contribution in [-0.4, -0.2) is 21.8 Å². The number of nitrogen functional groups attached to an aromatic ring is 1. The largest absolute Gasteiger partial charge is 0.507 e. The Morgan fingerprint density at radius 1 is 0.789 bits per heavy atom. The van der Waals surface area contributed by atoms with Gasteiger partial charge in [0.1, 0.15) is 11.5 Å². The molecule has 0 unspecified atom stereocenters. The van der Waals surface area contributed by atoms with Crippen molar-refractivity contribution in [3.8, 4) is 11.5 Å². The molecule has 19 heavy (non-hydrogen) atoms. The summed E-state index contributed by atoms with van der Waals surface area (Å²) in [6, 6.07) is 6.70. The number of aromatic hydroxyl groups is 2. The number of nitrogens with two attached hydrogens (primary N) is 1. The van der Waals surface area contributed by atoms with Crippen LogP contribution in [0.15, 0.2) is 30.3 Å². The van der Waals surface area contributed by atoms with Gasteiger partial charge in [0, 0.05) is 16.8 Å². The van der Waals surface area contributed by atoms with Crippen LogP contribution in [0.2, 0.25) is 0 Å². The van der Waals surface area contributed by atoms with Gasteiger partial charge < -0.3 is 15.9 Å². The van der Waals surface area contributed by atoms with Crippen molar-refractivity contribution in [2.45, 2.75) is 0 Å². The van der Waals surface area contributed by atoms with E-state index in [1.54, 1.807) is 0 Å². The van der Waals surface area contributed by atoms with Crippen LogP contribution in [0, 0.1) is 0 Å². The molecule has 0 saturated carbocycles. The van der Waals surface area contributed by atoms with Crippen LogP contribution in [0.1, 0.15) is 31.8 Å². The van der Waals surface area contributed by atoms with Gasteiger partial charge >= 0.3 is 0 Å². The quantitative estimate of drug-likeness (QED) is 0.417. The molecule has 5 nitrogen and oxygen atoms in total. The minimum atomic E-state index is -0.523. The summed E-state index contributed by atoms with van der Waals surface area (Å²) < 4.78 is 0. The number of ketones is 2. The first-order valence-electron chi connectivity index (χ1n) is 5.54. The molecular weight excluding hydrogens is 246 g/mol. The van der Waals surface area contributed by atoms with Gasteiger partial charge in [-0.15, -0.1) is 0 Å². The summed E-state index contributed by atoms with van der Waals surface area (Å²) in [7, 11) is 0. The van der Waals surface area contributed by atoms with Gasteiger partial charge in [0.25, 0.3) is 0 Å². The fourth-order valence-corrected chi connectivity index (χ4v) is 2.26. The number of fused-ring (bicyclic) bond motifs is 2. The molecule has 0 spiro atoms. The van der Waals surface area contributed by atoms with Crippen LogP contribution in [0.3, 0.4) is 0 Å². The third kappa shape index (κ3) is 1.41. The van der Waals surface area contributed by atoms with E-state index in [1.807, 2.05) is 0 Å². The van der Waals surface area contributed by atoms with Crippen molar-refractivity contribution in [1.82, 2.24) is 0 Å². The van der Waals surface area contributed by atoms with Crippen molar-refractivity contribution in [2.75, 3.05) is 5.73 Å². The van der Waals surface area contributed by atoms with E-state index in [0.29, 0.717) is 5.69 Å². The van der Waals surface area contributed by atoms with Crippen molar-refractivity contribution in [2.24, 2.45) is 0 Å². The first kappa shape index (κ1) is 11.3. The predicted molar refractivity (Wildman–Crippen MR) is 67.5 cm³/mol. The maximum Gasteiger partial charge on any atom is 0.198 e. The number of phenols is 2. The van der Waals surface area contributed by atoms with Gasteiger partial charge in [-0.1, -0.05) is 0 Å². The summed E-state index contributed by atoms with van der Waals surface area (Å²) >= 11 is 0. The van der Waals surface area contributed by atoms with Gasteiger partial charge in [-0.2, -0.15) is 0 Å². The number of hydrogen-bond acceptors (Lipinski definition) is 5. The molecule has 0 amide bonds. The van der Waals surface area contributed by atoms with E-state index in [1.165, 1.54) is 30.3 Å². The van der Waals surface area contributed by atoms with E-state index in [-0.39, 0.29) is 33.8 Å². The second-order valence-electron chi connectivity index (χ2n) is 4.32. The Morgan fingerprint density at radius 2 is 1.32 bits per heavy atom. The summed E-state index contributed by atoms with van der Waals surface area (Å²) in [5.41, 5.74) is 5.92. The van der Waals surface area contributed by atoms with Gasteiger partial charge in [-0.25, -0.2) is 0 Å². The van der Waals surface area contributed by atoms with E-state index >= 15 is 0 Å². The van der Waals surface area contributed by atoms with Crippen LogP contribution in [0.5, 0.6) is 11.5 Å². The normalized spacial score (nSPS) is 13.1. The third-order valence-corrected chi connectivity index (χ3v) is 3.15. The van der Waals surface area contributed by atoms with Crippen molar-refractivity contribution >= 4 is 17.3 Å². The maximum absolute atomic E-state index is 12.3. The average Bonchev–Trinajstić information content (AvgIpc) is 2.38. The average molecular weight is 255 g/mol. The monoisotopic (exact) mass is 255 g/mol. The number of anilines is 1. The Balaban J connectivity index is 2.39. The van der Waals surface area contributed by atoms with Gasteiger partial charge in [0.2, 0.25) is 0 Å². The molecule has 3 rings (SSSR count). The van der Waals surface area contributed by atoms with E-state index in [9.17, 15) is 19.8 Å². The molecule has 0 fully saturated rings. The van der Waals surface area contributed by atoms with Crippen molar-refractivity contribution < 1.29 is 19.8 Å². The zero-order valence-electron chi connectivity index (χ0n) is 9.68. The molecule has 0 aliphatic heterocycles. The van der Waals surface area contributed by atoms with E-state index in [4.69, 9.17) is 5.73 Å². The van der Waals surface area contributed by atoms with Crippen molar-refractivity contribution in [1.29, 1.82) is 0 Å². The Hall–Kier alpha value is -2.82. The van der Waals surface area contributed by atoms with Crippen LogP contribution < -0.4 is 5.73 Å². The van der Waals surface area contributed by atoms with Crippen LogP contribution >= 0.6 is 0 Å². The van der Waals surface area contributed by atoms with Crippen molar-refractivity contribution in [3.63, 3.8) is 0 Å². The Bertz CT molecular complexity index is 749. The van der Waals surface area contributed by atoms with Gasteiger partial charge in [-0.05, 0) is 30.3 Å². The van der Waals surface area contributed by atoms with Gasteiger partial charge in [0.05, 0.1) is 11.1 Å². The first-order valence-corrected chi connectivity index (χ1v) is 5.54. The molecule has 1 aliphatic carbocycles. The third-order valence-electron chi connectivity index (χ3n) is 3.15. The molecule has 2 aromatic rings. The Kier molecular flexibility index (Phi) is 2.13.